The largest absolute Gasteiger partial charge is 0.277 e. The Hall–Kier alpha value is 0.380. The van der Waals surface area contributed by atoms with Crippen molar-refractivity contribution in [1.82, 2.24) is 10.9 Å². The van der Waals surface area contributed by atoms with Crippen LogP contribution < -0.4 is 10.9 Å². The highest BCUT2D eigenvalue weighted by Gasteiger charge is 2.28. The molecule has 7 heteroatoms. The van der Waals surface area contributed by atoms with Gasteiger partial charge >= 0.3 is 0 Å². The molecule has 0 aliphatic carbocycles. The lowest BCUT2D eigenvalue weighted by atomic mass is 10.7. The standard InChI is InChI=1S/C4H5Br3N2O2/c1-2(10)8-9-3(11)4(5,6)7/h1H3,(H,8,10)(H,9,11). The molecule has 0 aliphatic rings. The SMILES string of the molecule is CC(=O)NNC(=O)C(Br)(Br)Br. The molecule has 64 valence electrons. The van der Waals surface area contributed by atoms with E-state index in [1.165, 1.54) is 6.92 Å². The second-order valence-corrected chi connectivity index (χ2v) is 8.39. The highest BCUT2D eigenvalue weighted by atomic mass is 80.0. The van der Waals surface area contributed by atoms with Crippen LogP contribution in [0.5, 0.6) is 0 Å². The number of carbonyl (C=O) groups is 2. The summed E-state index contributed by atoms with van der Waals surface area (Å²) in [4.78, 5) is 21.2. The van der Waals surface area contributed by atoms with Crippen molar-refractivity contribution in [2.24, 2.45) is 0 Å². The maximum absolute atomic E-state index is 10.9. The fourth-order valence-corrected chi connectivity index (χ4v) is 0.513. The average Bonchev–Trinajstić information content (AvgIpc) is 1.80. The number of alkyl halides is 3. The summed E-state index contributed by atoms with van der Waals surface area (Å²) in [7, 11) is 0. The van der Waals surface area contributed by atoms with Crippen LogP contribution in [0, 0.1) is 0 Å². The number of halogens is 3. The molecule has 0 saturated heterocycles. The van der Waals surface area contributed by atoms with E-state index in [0.717, 1.165) is 0 Å². The van der Waals surface area contributed by atoms with E-state index in [9.17, 15) is 9.59 Å². The summed E-state index contributed by atoms with van der Waals surface area (Å²) in [5, 5.41) is 0. The van der Waals surface area contributed by atoms with Crippen LogP contribution in [0.1, 0.15) is 6.92 Å². The summed E-state index contributed by atoms with van der Waals surface area (Å²) in [5.41, 5.74) is 4.27. The molecule has 0 aromatic carbocycles. The van der Waals surface area contributed by atoms with E-state index in [-0.39, 0.29) is 5.91 Å². The van der Waals surface area contributed by atoms with Crippen LogP contribution >= 0.6 is 47.8 Å². The lowest BCUT2D eigenvalue weighted by Crippen LogP contribution is -2.45. The van der Waals surface area contributed by atoms with Crippen molar-refractivity contribution < 1.29 is 9.59 Å². The van der Waals surface area contributed by atoms with Gasteiger partial charge in [-0.15, -0.1) is 0 Å². The van der Waals surface area contributed by atoms with Gasteiger partial charge in [-0.05, 0) is 47.8 Å². The van der Waals surface area contributed by atoms with Gasteiger partial charge in [-0.3, -0.25) is 20.4 Å². The second kappa shape index (κ2) is 4.42. The first-order valence-corrected chi connectivity index (χ1v) is 4.85. The Balaban J connectivity index is 3.80. The van der Waals surface area contributed by atoms with Crippen LogP contribution in [0.2, 0.25) is 0 Å². The zero-order valence-corrected chi connectivity index (χ0v) is 10.2. The Kier molecular flexibility index (Phi) is 4.57. The van der Waals surface area contributed by atoms with Gasteiger partial charge in [0.25, 0.3) is 5.91 Å². The molecule has 11 heavy (non-hydrogen) atoms. The second-order valence-electron chi connectivity index (χ2n) is 1.63. The Morgan fingerprint density at radius 1 is 1.18 bits per heavy atom. The Morgan fingerprint density at radius 2 is 1.64 bits per heavy atom. The third-order valence-corrected chi connectivity index (χ3v) is 1.69. The van der Waals surface area contributed by atoms with Gasteiger partial charge in [-0.25, -0.2) is 0 Å². The minimum Gasteiger partial charge on any atom is -0.274 e. The summed E-state index contributed by atoms with van der Waals surface area (Å²) in [5.74, 6) is -0.789. The lowest BCUT2D eigenvalue weighted by Gasteiger charge is -2.11. The number of nitrogens with one attached hydrogen (secondary N) is 2. The molecule has 0 aromatic heterocycles. The molecule has 0 atom stereocenters. The minimum atomic E-state index is -1.03. The van der Waals surface area contributed by atoms with Gasteiger partial charge in [0.2, 0.25) is 8.05 Å². The maximum atomic E-state index is 10.9. The number of amides is 2. The molecule has 0 aliphatic heterocycles. The van der Waals surface area contributed by atoms with Gasteiger partial charge in [-0.1, -0.05) is 0 Å². The van der Waals surface area contributed by atoms with Crippen molar-refractivity contribution in [2.75, 3.05) is 0 Å². The molecule has 0 fully saturated rings. The summed E-state index contributed by atoms with van der Waals surface area (Å²) in [6, 6.07) is 0. The molecule has 0 saturated carbocycles. The summed E-state index contributed by atoms with van der Waals surface area (Å²) >= 11 is 8.89. The molecule has 0 rings (SSSR count). The van der Waals surface area contributed by atoms with E-state index in [0.29, 0.717) is 0 Å². The van der Waals surface area contributed by atoms with E-state index < -0.39 is 8.05 Å². The van der Waals surface area contributed by atoms with E-state index in [1.54, 1.807) is 0 Å². The van der Waals surface area contributed by atoms with Gasteiger partial charge in [0.15, 0.2) is 0 Å². The fraction of sp³-hybridized carbons (Fsp3) is 0.500. The van der Waals surface area contributed by atoms with E-state index in [2.05, 4.69) is 58.6 Å². The van der Waals surface area contributed by atoms with Crippen molar-refractivity contribution >= 4 is 59.6 Å². The van der Waals surface area contributed by atoms with E-state index in [4.69, 9.17) is 0 Å². The predicted octanol–water partition coefficient (Wildman–Crippen LogP) is 0.992. The quantitative estimate of drug-likeness (QED) is 0.504. The molecule has 0 heterocycles. The number of carbonyl (C=O) groups excluding carboxylic acids is 2. The smallest absolute Gasteiger partial charge is 0.274 e. The van der Waals surface area contributed by atoms with Crippen LogP contribution in [-0.4, -0.2) is 14.0 Å². The first-order chi connectivity index (χ1) is 4.84. The van der Waals surface area contributed by atoms with Crippen LogP contribution in [0.3, 0.4) is 0 Å². The first kappa shape index (κ1) is 11.4. The third-order valence-electron chi connectivity index (χ3n) is 0.610. The zero-order valence-electron chi connectivity index (χ0n) is 5.45. The van der Waals surface area contributed by atoms with Crippen LogP contribution in [0.15, 0.2) is 0 Å². The monoisotopic (exact) mass is 350 g/mol. The molecule has 0 aromatic rings. The van der Waals surface area contributed by atoms with Gasteiger partial charge in [0.1, 0.15) is 0 Å². The molecular formula is C4H5Br3N2O2. The number of hydrogen-bond donors (Lipinski definition) is 2. The molecule has 0 spiro atoms. The average molecular weight is 353 g/mol. The highest BCUT2D eigenvalue weighted by Crippen LogP contribution is 2.33. The maximum Gasteiger partial charge on any atom is 0.277 e. The molecular weight excluding hydrogens is 348 g/mol. The number of hydrogen-bond acceptors (Lipinski definition) is 2. The Bertz CT molecular complexity index is 177. The Labute approximate surface area is 88.8 Å². The van der Waals surface area contributed by atoms with Crippen molar-refractivity contribution in [3.63, 3.8) is 0 Å². The summed E-state index contributed by atoms with van der Waals surface area (Å²) < 4.78 is -1.03. The van der Waals surface area contributed by atoms with Crippen molar-refractivity contribution in [3.05, 3.63) is 0 Å². The molecule has 4 nitrogen and oxygen atoms in total. The van der Waals surface area contributed by atoms with Crippen LogP contribution in [-0.2, 0) is 9.59 Å². The van der Waals surface area contributed by atoms with E-state index >= 15 is 0 Å². The topological polar surface area (TPSA) is 58.2 Å². The predicted molar refractivity (Wildman–Crippen MR) is 51.5 cm³/mol. The minimum absolute atomic E-state index is 0.338. The molecule has 0 bridgehead atoms. The van der Waals surface area contributed by atoms with Crippen molar-refractivity contribution in [1.29, 1.82) is 0 Å². The third kappa shape index (κ3) is 5.63. The van der Waals surface area contributed by atoms with Gasteiger partial charge in [0, 0.05) is 6.92 Å². The fourth-order valence-electron chi connectivity index (χ4n) is 0.216. The van der Waals surface area contributed by atoms with Gasteiger partial charge in [0.05, 0.1) is 0 Å². The first-order valence-electron chi connectivity index (χ1n) is 2.48. The molecule has 2 N–H and O–H groups in total. The van der Waals surface area contributed by atoms with Gasteiger partial charge < -0.3 is 0 Å². The number of hydrazine groups is 1. The Morgan fingerprint density at radius 3 is 1.91 bits per heavy atom. The summed E-state index contributed by atoms with van der Waals surface area (Å²) in [6.45, 7) is 1.29. The molecule has 0 radical (unpaired) electrons. The summed E-state index contributed by atoms with van der Waals surface area (Å²) in [6.07, 6.45) is 0. The number of rotatable bonds is 0. The highest BCUT2D eigenvalue weighted by molar-refractivity contribution is 9.40. The van der Waals surface area contributed by atoms with Crippen molar-refractivity contribution in [3.8, 4) is 0 Å². The molecule has 0 unspecified atom stereocenters. The zero-order chi connectivity index (χ0) is 9.07. The van der Waals surface area contributed by atoms with E-state index in [1.807, 2.05) is 0 Å². The normalized spacial score (nSPS) is 10.5. The van der Waals surface area contributed by atoms with Crippen molar-refractivity contribution in [2.45, 2.75) is 9.07 Å². The van der Waals surface area contributed by atoms with Crippen LogP contribution in [0.4, 0.5) is 0 Å². The molecule has 2 amide bonds. The van der Waals surface area contributed by atoms with Crippen LogP contribution in [0.25, 0.3) is 0 Å². The van der Waals surface area contributed by atoms with Gasteiger partial charge in [-0.2, -0.15) is 0 Å². The lowest BCUT2D eigenvalue weighted by molar-refractivity contribution is -0.126.